The SMILES string of the molecule is C[C@H](Sc1nnc(-c2ccc(F)cc2)n1N)C(=O)Nc1cccc(C#N)c1. The highest BCUT2D eigenvalue weighted by Gasteiger charge is 2.20. The fourth-order valence-corrected chi connectivity index (χ4v) is 3.05. The van der Waals surface area contributed by atoms with Gasteiger partial charge in [-0.3, -0.25) is 4.79 Å². The number of rotatable bonds is 5. The normalized spacial score (nSPS) is 11.6. The van der Waals surface area contributed by atoms with Crippen molar-refractivity contribution >= 4 is 23.4 Å². The fraction of sp³-hybridized carbons (Fsp3) is 0.111. The number of carbonyl (C=O) groups is 1. The first-order valence-electron chi connectivity index (χ1n) is 7.92. The summed E-state index contributed by atoms with van der Waals surface area (Å²) in [5, 5.41) is 19.5. The maximum absolute atomic E-state index is 13.1. The van der Waals surface area contributed by atoms with Crippen molar-refractivity contribution in [2.45, 2.75) is 17.3 Å². The Bertz CT molecular complexity index is 1010. The Hall–Kier alpha value is -3.38. The van der Waals surface area contributed by atoms with Crippen molar-refractivity contribution in [3.63, 3.8) is 0 Å². The van der Waals surface area contributed by atoms with Crippen molar-refractivity contribution in [1.82, 2.24) is 14.9 Å². The minimum absolute atomic E-state index is 0.263. The van der Waals surface area contributed by atoms with Gasteiger partial charge in [0.15, 0.2) is 5.82 Å². The standard InChI is InChI=1S/C18H15FN6OS/c1-11(17(26)22-15-4-2-3-12(9-15)10-20)27-18-24-23-16(25(18)21)13-5-7-14(19)8-6-13/h2-9,11H,21H2,1H3,(H,22,26)/t11-/m0/s1. The van der Waals surface area contributed by atoms with Gasteiger partial charge in [-0.2, -0.15) is 5.26 Å². The summed E-state index contributed by atoms with van der Waals surface area (Å²) in [7, 11) is 0. The third-order valence-corrected chi connectivity index (χ3v) is 4.73. The van der Waals surface area contributed by atoms with E-state index in [4.69, 9.17) is 11.1 Å². The van der Waals surface area contributed by atoms with Crippen LogP contribution in [0.15, 0.2) is 53.7 Å². The van der Waals surface area contributed by atoms with E-state index in [1.54, 1.807) is 43.3 Å². The Morgan fingerprint density at radius 3 is 2.74 bits per heavy atom. The van der Waals surface area contributed by atoms with E-state index in [2.05, 4.69) is 15.5 Å². The quantitative estimate of drug-likeness (QED) is 0.519. The van der Waals surface area contributed by atoms with Crippen LogP contribution in [-0.2, 0) is 4.79 Å². The molecule has 0 fully saturated rings. The number of carbonyl (C=O) groups excluding carboxylic acids is 1. The van der Waals surface area contributed by atoms with E-state index in [0.29, 0.717) is 27.8 Å². The maximum atomic E-state index is 13.1. The highest BCUT2D eigenvalue weighted by Crippen LogP contribution is 2.25. The highest BCUT2D eigenvalue weighted by atomic mass is 32.2. The molecule has 2 aromatic carbocycles. The Morgan fingerprint density at radius 1 is 1.30 bits per heavy atom. The van der Waals surface area contributed by atoms with Gasteiger partial charge in [0.25, 0.3) is 0 Å². The molecule has 1 atom stereocenters. The summed E-state index contributed by atoms with van der Waals surface area (Å²) in [5.41, 5.74) is 1.61. The summed E-state index contributed by atoms with van der Waals surface area (Å²) >= 11 is 1.14. The van der Waals surface area contributed by atoms with Crippen LogP contribution in [0.25, 0.3) is 11.4 Å². The number of anilines is 1. The zero-order valence-electron chi connectivity index (χ0n) is 14.3. The average molecular weight is 382 g/mol. The van der Waals surface area contributed by atoms with Gasteiger partial charge in [-0.25, -0.2) is 9.07 Å². The van der Waals surface area contributed by atoms with Crippen molar-refractivity contribution < 1.29 is 9.18 Å². The summed E-state index contributed by atoms with van der Waals surface area (Å²) < 4.78 is 14.3. The van der Waals surface area contributed by atoms with Gasteiger partial charge >= 0.3 is 0 Å². The summed E-state index contributed by atoms with van der Waals surface area (Å²) in [6.45, 7) is 1.71. The molecule has 0 radical (unpaired) electrons. The van der Waals surface area contributed by atoms with E-state index in [1.165, 1.54) is 16.8 Å². The van der Waals surface area contributed by atoms with Crippen molar-refractivity contribution in [2.24, 2.45) is 0 Å². The minimum Gasteiger partial charge on any atom is -0.335 e. The van der Waals surface area contributed by atoms with Crippen LogP contribution in [0, 0.1) is 17.1 Å². The van der Waals surface area contributed by atoms with Crippen LogP contribution >= 0.6 is 11.8 Å². The van der Waals surface area contributed by atoms with Gasteiger partial charge < -0.3 is 11.2 Å². The predicted molar refractivity (Wildman–Crippen MR) is 101 cm³/mol. The maximum Gasteiger partial charge on any atom is 0.237 e. The molecule has 0 saturated heterocycles. The van der Waals surface area contributed by atoms with E-state index in [-0.39, 0.29) is 11.7 Å². The predicted octanol–water partition coefficient (Wildman–Crippen LogP) is 2.79. The van der Waals surface area contributed by atoms with Crippen LogP contribution in [0.4, 0.5) is 10.1 Å². The van der Waals surface area contributed by atoms with Gasteiger partial charge in [0.1, 0.15) is 5.82 Å². The van der Waals surface area contributed by atoms with Gasteiger partial charge in [-0.1, -0.05) is 17.8 Å². The number of benzene rings is 2. The number of hydrogen-bond acceptors (Lipinski definition) is 6. The third kappa shape index (κ3) is 4.24. The van der Waals surface area contributed by atoms with Gasteiger partial charge in [0.05, 0.1) is 16.9 Å². The fourth-order valence-electron chi connectivity index (χ4n) is 2.28. The lowest BCUT2D eigenvalue weighted by Crippen LogP contribution is -2.23. The zero-order chi connectivity index (χ0) is 19.4. The lowest BCUT2D eigenvalue weighted by molar-refractivity contribution is -0.115. The van der Waals surface area contributed by atoms with Crippen LogP contribution in [0.3, 0.4) is 0 Å². The van der Waals surface area contributed by atoms with Gasteiger partial charge in [0.2, 0.25) is 11.1 Å². The number of aromatic nitrogens is 3. The molecule has 27 heavy (non-hydrogen) atoms. The summed E-state index contributed by atoms with van der Waals surface area (Å²) in [5.74, 6) is 5.77. The number of nitrogens with zero attached hydrogens (tertiary/aromatic N) is 4. The molecule has 1 heterocycles. The number of hydrogen-bond donors (Lipinski definition) is 2. The largest absolute Gasteiger partial charge is 0.335 e. The summed E-state index contributed by atoms with van der Waals surface area (Å²) in [6.07, 6.45) is 0. The van der Waals surface area contributed by atoms with Crippen molar-refractivity contribution in [3.05, 3.63) is 59.9 Å². The van der Waals surface area contributed by atoms with Crippen molar-refractivity contribution in [2.75, 3.05) is 11.2 Å². The first-order chi connectivity index (χ1) is 13.0. The number of halogens is 1. The van der Waals surface area contributed by atoms with Crippen molar-refractivity contribution in [1.29, 1.82) is 5.26 Å². The Labute approximate surface area is 159 Å². The van der Waals surface area contributed by atoms with Gasteiger partial charge in [0, 0.05) is 11.3 Å². The molecule has 0 spiro atoms. The molecule has 136 valence electrons. The van der Waals surface area contributed by atoms with E-state index < -0.39 is 5.25 Å². The minimum atomic E-state index is -0.511. The van der Waals surface area contributed by atoms with Crippen molar-refractivity contribution in [3.8, 4) is 17.5 Å². The second-order valence-corrected chi connectivity index (χ2v) is 6.93. The van der Waals surface area contributed by atoms with Crippen LogP contribution in [0.2, 0.25) is 0 Å². The number of nitriles is 1. The monoisotopic (exact) mass is 382 g/mol. The average Bonchev–Trinajstić information content (AvgIpc) is 3.03. The molecule has 0 aliphatic rings. The van der Waals surface area contributed by atoms with Gasteiger partial charge in [-0.05, 0) is 49.4 Å². The summed E-state index contributed by atoms with van der Waals surface area (Å²) in [4.78, 5) is 12.4. The number of nitrogens with one attached hydrogen (secondary N) is 1. The van der Waals surface area contributed by atoms with Gasteiger partial charge in [-0.15, -0.1) is 10.2 Å². The molecule has 1 aromatic heterocycles. The Kier molecular flexibility index (Phi) is 5.38. The van der Waals surface area contributed by atoms with Crippen LogP contribution < -0.4 is 11.2 Å². The van der Waals surface area contributed by atoms with Crippen LogP contribution in [0.5, 0.6) is 0 Å². The molecular formula is C18H15FN6OS. The number of nitrogen functional groups attached to an aromatic ring is 1. The van der Waals surface area contributed by atoms with E-state index >= 15 is 0 Å². The molecule has 3 rings (SSSR count). The van der Waals surface area contributed by atoms with Crippen LogP contribution in [-0.4, -0.2) is 26.0 Å². The first kappa shape index (κ1) is 18.4. The topological polar surface area (TPSA) is 110 Å². The lowest BCUT2D eigenvalue weighted by atomic mass is 10.2. The molecule has 0 bridgehead atoms. The second-order valence-electron chi connectivity index (χ2n) is 5.63. The lowest BCUT2D eigenvalue weighted by Gasteiger charge is -2.11. The van der Waals surface area contributed by atoms with E-state index in [9.17, 15) is 9.18 Å². The molecule has 0 aliphatic heterocycles. The molecule has 1 amide bonds. The Balaban J connectivity index is 1.70. The molecule has 9 heteroatoms. The first-order valence-corrected chi connectivity index (χ1v) is 8.80. The van der Waals surface area contributed by atoms with Crippen LogP contribution in [0.1, 0.15) is 12.5 Å². The number of amides is 1. The van der Waals surface area contributed by atoms with E-state index in [1.807, 2.05) is 6.07 Å². The molecule has 0 aliphatic carbocycles. The second kappa shape index (κ2) is 7.88. The van der Waals surface area contributed by atoms with E-state index in [0.717, 1.165) is 11.8 Å². The molecule has 0 saturated carbocycles. The Morgan fingerprint density at radius 2 is 2.04 bits per heavy atom. The highest BCUT2D eigenvalue weighted by molar-refractivity contribution is 8.00. The molecule has 0 unspecified atom stereocenters. The zero-order valence-corrected chi connectivity index (χ0v) is 15.1. The molecular weight excluding hydrogens is 367 g/mol. The number of nitrogens with two attached hydrogens (primary N) is 1. The smallest absolute Gasteiger partial charge is 0.237 e. The summed E-state index contributed by atoms with van der Waals surface area (Å²) in [6, 6.07) is 14.4. The third-order valence-electron chi connectivity index (χ3n) is 3.68. The number of thioether (sulfide) groups is 1. The molecule has 7 nitrogen and oxygen atoms in total. The molecule has 3 N–H and O–H groups in total. The molecule has 3 aromatic rings.